The van der Waals surface area contributed by atoms with E-state index in [1.54, 1.807) is 4.52 Å². The molecule has 0 saturated heterocycles. The predicted molar refractivity (Wildman–Crippen MR) is 62.0 cm³/mol. The fraction of sp³-hybridized carbons (Fsp3) is 0.375. The molecule has 2 aromatic rings. The zero-order valence-corrected chi connectivity index (χ0v) is 10.1. The molecule has 0 saturated carbocycles. The molecular formula is C8H10IN5. The van der Waals surface area contributed by atoms with E-state index in [1.165, 1.54) is 6.33 Å². The second-order valence-electron chi connectivity index (χ2n) is 3.32. The Morgan fingerprint density at radius 3 is 2.86 bits per heavy atom. The molecular weight excluding hydrogens is 293 g/mol. The summed E-state index contributed by atoms with van der Waals surface area (Å²) in [6.45, 7) is 4.15. The number of nitrogen functional groups attached to an aromatic ring is 1. The van der Waals surface area contributed by atoms with Gasteiger partial charge in [-0.3, -0.25) is 0 Å². The van der Waals surface area contributed by atoms with Crippen molar-refractivity contribution < 1.29 is 0 Å². The van der Waals surface area contributed by atoms with Crippen LogP contribution in [-0.2, 0) is 0 Å². The number of imidazole rings is 1. The van der Waals surface area contributed by atoms with Crippen molar-refractivity contribution in [2.75, 3.05) is 5.73 Å². The van der Waals surface area contributed by atoms with Gasteiger partial charge in [0.1, 0.15) is 21.4 Å². The van der Waals surface area contributed by atoms with Gasteiger partial charge in [-0.25, -0.2) is 14.5 Å². The summed E-state index contributed by atoms with van der Waals surface area (Å²) in [6.07, 6.45) is 1.45. The summed E-state index contributed by atoms with van der Waals surface area (Å²) in [5.74, 6) is 1.71. The van der Waals surface area contributed by atoms with Crippen LogP contribution in [0.3, 0.4) is 0 Å². The highest BCUT2D eigenvalue weighted by molar-refractivity contribution is 14.1. The van der Waals surface area contributed by atoms with Gasteiger partial charge in [-0.1, -0.05) is 13.8 Å². The number of fused-ring (bicyclic) bond motifs is 1. The van der Waals surface area contributed by atoms with Crippen LogP contribution in [0.15, 0.2) is 6.33 Å². The molecule has 0 radical (unpaired) electrons. The number of halogens is 1. The van der Waals surface area contributed by atoms with E-state index in [9.17, 15) is 0 Å². The Hall–Kier alpha value is -0.920. The number of nitrogens with two attached hydrogens (primary N) is 1. The third-order valence-electron chi connectivity index (χ3n) is 1.96. The first-order chi connectivity index (χ1) is 6.61. The minimum atomic E-state index is 0.320. The molecule has 5 nitrogen and oxygen atoms in total. The van der Waals surface area contributed by atoms with Gasteiger partial charge >= 0.3 is 0 Å². The highest BCUT2D eigenvalue weighted by Crippen LogP contribution is 2.22. The van der Waals surface area contributed by atoms with Crippen molar-refractivity contribution in [1.29, 1.82) is 0 Å². The average molecular weight is 303 g/mol. The van der Waals surface area contributed by atoms with Crippen molar-refractivity contribution in [2.24, 2.45) is 0 Å². The second kappa shape index (κ2) is 3.34. The van der Waals surface area contributed by atoms with E-state index in [1.807, 2.05) is 0 Å². The summed E-state index contributed by atoms with van der Waals surface area (Å²) in [5.41, 5.74) is 6.56. The van der Waals surface area contributed by atoms with Gasteiger partial charge in [-0.05, 0) is 22.6 Å². The zero-order chi connectivity index (χ0) is 10.3. The van der Waals surface area contributed by atoms with Gasteiger partial charge in [0, 0.05) is 5.92 Å². The van der Waals surface area contributed by atoms with Crippen LogP contribution in [0.1, 0.15) is 25.6 Å². The lowest BCUT2D eigenvalue weighted by molar-refractivity contribution is 0.720. The molecule has 0 atom stereocenters. The van der Waals surface area contributed by atoms with Crippen molar-refractivity contribution in [3.05, 3.63) is 15.9 Å². The van der Waals surface area contributed by atoms with Crippen molar-refractivity contribution in [2.45, 2.75) is 19.8 Å². The fourth-order valence-electron chi connectivity index (χ4n) is 1.31. The molecule has 0 aliphatic rings. The van der Waals surface area contributed by atoms with Gasteiger partial charge in [-0.15, -0.1) is 0 Å². The van der Waals surface area contributed by atoms with Crippen LogP contribution in [0.4, 0.5) is 5.82 Å². The maximum Gasteiger partial charge on any atom is 0.154 e. The molecule has 0 spiro atoms. The van der Waals surface area contributed by atoms with E-state index in [0.29, 0.717) is 11.7 Å². The Labute approximate surface area is 94.9 Å². The third-order valence-corrected chi connectivity index (χ3v) is 2.71. The fourth-order valence-corrected chi connectivity index (χ4v) is 2.06. The lowest BCUT2D eigenvalue weighted by Gasteiger charge is -2.02. The zero-order valence-electron chi connectivity index (χ0n) is 7.90. The lowest BCUT2D eigenvalue weighted by Crippen LogP contribution is -2.03. The Bertz CT molecular complexity index is 476. The SMILES string of the molecule is CC(C)c1nc(I)c2c(N)ncnn12. The predicted octanol–water partition coefficient (Wildman–Crippen LogP) is 1.43. The molecule has 14 heavy (non-hydrogen) atoms. The first-order valence-electron chi connectivity index (χ1n) is 4.26. The molecule has 0 bridgehead atoms. The van der Waals surface area contributed by atoms with Crippen LogP contribution >= 0.6 is 22.6 Å². The third kappa shape index (κ3) is 1.33. The summed E-state index contributed by atoms with van der Waals surface area (Å²) >= 11 is 2.15. The first-order valence-corrected chi connectivity index (χ1v) is 5.33. The first kappa shape index (κ1) is 9.63. The minimum absolute atomic E-state index is 0.320. The molecule has 2 rings (SSSR count). The van der Waals surface area contributed by atoms with Gasteiger partial charge in [-0.2, -0.15) is 5.10 Å². The highest BCUT2D eigenvalue weighted by atomic mass is 127. The molecule has 2 N–H and O–H groups in total. The van der Waals surface area contributed by atoms with Crippen molar-refractivity contribution in [3.8, 4) is 0 Å². The smallest absolute Gasteiger partial charge is 0.154 e. The monoisotopic (exact) mass is 303 g/mol. The number of rotatable bonds is 1. The van der Waals surface area contributed by atoms with E-state index >= 15 is 0 Å². The van der Waals surface area contributed by atoms with Gasteiger partial charge in [0.2, 0.25) is 0 Å². The molecule has 2 aromatic heterocycles. The standard InChI is InChI=1S/C8H10IN5/c1-4(2)8-13-6(9)5-7(10)11-3-12-14(5)8/h3-4H,1-2H3,(H2,10,11,12). The Balaban J connectivity index is 2.84. The number of nitrogens with zero attached hydrogens (tertiary/aromatic N) is 4. The quantitative estimate of drug-likeness (QED) is 0.809. The maximum atomic E-state index is 5.75. The van der Waals surface area contributed by atoms with E-state index in [0.717, 1.165) is 15.0 Å². The van der Waals surface area contributed by atoms with Crippen LogP contribution in [0.25, 0.3) is 5.52 Å². The second-order valence-corrected chi connectivity index (χ2v) is 4.34. The largest absolute Gasteiger partial charge is 0.382 e. The Kier molecular flexibility index (Phi) is 2.30. The van der Waals surface area contributed by atoms with Crippen LogP contribution in [-0.4, -0.2) is 19.6 Å². The molecule has 0 fully saturated rings. The Morgan fingerprint density at radius 1 is 1.50 bits per heavy atom. The normalized spacial score (nSPS) is 11.4. The highest BCUT2D eigenvalue weighted by Gasteiger charge is 2.15. The molecule has 6 heteroatoms. The van der Waals surface area contributed by atoms with Gasteiger partial charge in [0.05, 0.1) is 0 Å². The molecule has 0 aliphatic carbocycles. The number of hydrogen-bond donors (Lipinski definition) is 1. The number of aromatic nitrogens is 4. The summed E-state index contributed by atoms with van der Waals surface area (Å²) in [7, 11) is 0. The summed E-state index contributed by atoms with van der Waals surface area (Å²) in [5, 5.41) is 4.14. The molecule has 0 unspecified atom stereocenters. The molecule has 2 heterocycles. The molecule has 0 amide bonds. The molecule has 0 aromatic carbocycles. The lowest BCUT2D eigenvalue weighted by atomic mass is 10.2. The summed E-state index contributed by atoms with van der Waals surface area (Å²) in [4.78, 5) is 8.36. The Morgan fingerprint density at radius 2 is 2.21 bits per heavy atom. The summed E-state index contributed by atoms with van der Waals surface area (Å²) in [6, 6.07) is 0. The van der Waals surface area contributed by atoms with Crippen LogP contribution in [0, 0.1) is 3.70 Å². The number of anilines is 1. The van der Waals surface area contributed by atoms with Crippen LogP contribution in [0.2, 0.25) is 0 Å². The maximum absolute atomic E-state index is 5.75. The molecule has 0 aliphatic heterocycles. The average Bonchev–Trinajstić information content (AvgIpc) is 2.45. The van der Waals surface area contributed by atoms with Crippen molar-refractivity contribution >= 4 is 33.9 Å². The van der Waals surface area contributed by atoms with Gasteiger partial charge in [0.15, 0.2) is 5.82 Å². The van der Waals surface area contributed by atoms with Gasteiger partial charge in [0.25, 0.3) is 0 Å². The molecule has 74 valence electrons. The van der Waals surface area contributed by atoms with E-state index < -0.39 is 0 Å². The van der Waals surface area contributed by atoms with Crippen LogP contribution < -0.4 is 5.73 Å². The minimum Gasteiger partial charge on any atom is -0.382 e. The van der Waals surface area contributed by atoms with E-state index in [-0.39, 0.29) is 0 Å². The van der Waals surface area contributed by atoms with Crippen LogP contribution in [0.5, 0.6) is 0 Å². The topological polar surface area (TPSA) is 69.1 Å². The van der Waals surface area contributed by atoms with Gasteiger partial charge < -0.3 is 5.73 Å². The van der Waals surface area contributed by atoms with Crippen molar-refractivity contribution in [3.63, 3.8) is 0 Å². The van der Waals surface area contributed by atoms with Crippen molar-refractivity contribution in [1.82, 2.24) is 19.6 Å². The summed E-state index contributed by atoms with van der Waals surface area (Å²) < 4.78 is 2.61. The van der Waals surface area contributed by atoms with E-state index in [2.05, 4.69) is 51.5 Å². The van der Waals surface area contributed by atoms with E-state index in [4.69, 9.17) is 5.73 Å². The number of hydrogen-bond acceptors (Lipinski definition) is 4.